The summed E-state index contributed by atoms with van der Waals surface area (Å²) in [4.78, 5) is 9.46. The van der Waals surface area contributed by atoms with Gasteiger partial charge in [-0.3, -0.25) is 9.98 Å². The van der Waals surface area contributed by atoms with E-state index in [0.717, 1.165) is 25.7 Å². The van der Waals surface area contributed by atoms with E-state index in [0.29, 0.717) is 34.1 Å². The third-order valence-electron chi connectivity index (χ3n) is 5.58. The highest BCUT2D eigenvalue weighted by molar-refractivity contribution is 5.89. The largest absolute Gasteiger partial charge is 0.507 e. The van der Waals surface area contributed by atoms with Crippen molar-refractivity contribution in [3.8, 4) is 34.5 Å². The Labute approximate surface area is 188 Å². The minimum Gasteiger partial charge on any atom is -0.507 e. The summed E-state index contributed by atoms with van der Waals surface area (Å²) in [6.07, 6.45) is 7.13. The molecule has 0 aliphatic heterocycles. The van der Waals surface area contributed by atoms with Crippen molar-refractivity contribution >= 4 is 12.4 Å². The molecule has 32 heavy (non-hydrogen) atoms. The highest BCUT2D eigenvalue weighted by atomic mass is 16.5. The fourth-order valence-corrected chi connectivity index (χ4v) is 3.79. The molecule has 0 amide bonds. The first kappa shape index (κ1) is 23.2. The van der Waals surface area contributed by atoms with Gasteiger partial charge in [-0.25, -0.2) is 0 Å². The zero-order chi connectivity index (χ0) is 23.1. The van der Waals surface area contributed by atoms with Gasteiger partial charge in [-0.1, -0.05) is 12.8 Å². The van der Waals surface area contributed by atoms with Gasteiger partial charge in [0, 0.05) is 36.7 Å². The molecule has 1 aliphatic carbocycles. The molecule has 1 fully saturated rings. The lowest BCUT2D eigenvalue weighted by atomic mass is 9.91. The SMILES string of the molecule is COc1cc(O)c(C=N[C@H]2CCCC[C@@H]2N=Cc2c(O)cc(OC)cc2OC)c(OC)c1. The van der Waals surface area contributed by atoms with Crippen LogP contribution in [0.3, 0.4) is 0 Å². The van der Waals surface area contributed by atoms with Gasteiger partial charge >= 0.3 is 0 Å². The molecule has 0 spiro atoms. The molecule has 0 aromatic heterocycles. The van der Waals surface area contributed by atoms with Crippen molar-refractivity contribution in [3.05, 3.63) is 35.4 Å². The van der Waals surface area contributed by atoms with E-state index in [9.17, 15) is 10.2 Å². The highest BCUT2D eigenvalue weighted by Gasteiger charge is 2.24. The molecule has 0 unspecified atom stereocenters. The van der Waals surface area contributed by atoms with Gasteiger partial charge in [0.25, 0.3) is 0 Å². The van der Waals surface area contributed by atoms with Crippen molar-refractivity contribution in [2.45, 2.75) is 37.8 Å². The summed E-state index contributed by atoms with van der Waals surface area (Å²) in [7, 11) is 6.13. The Balaban J connectivity index is 1.85. The summed E-state index contributed by atoms with van der Waals surface area (Å²) in [5, 5.41) is 20.8. The monoisotopic (exact) mass is 442 g/mol. The molecular formula is C24H30N2O6. The number of methoxy groups -OCH3 is 4. The van der Waals surface area contributed by atoms with Gasteiger partial charge in [0.15, 0.2) is 0 Å². The maximum absolute atomic E-state index is 10.4. The van der Waals surface area contributed by atoms with Crippen LogP contribution in [-0.4, -0.2) is 63.2 Å². The molecule has 8 heteroatoms. The van der Waals surface area contributed by atoms with E-state index in [1.807, 2.05) is 0 Å². The van der Waals surface area contributed by atoms with E-state index >= 15 is 0 Å². The van der Waals surface area contributed by atoms with Crippen LogP contribution >= 0.6 is 0 Å². The Morgan fingerprint density at radius 3 is 1.44 bits per heavy atom. The van der Waals surface area contributed by atoms with Crippen LogP contribution in [0, 0.1) is 0 Å². The molecule has 1 aliphatic rings. The average Bonchev–Trinajstić information content (AvgIpc) is 2.81. The van der Waals surface area contributed by atoms with Gasteiger partial charge in [-0.05, 0) is 12.8 Å². The molecule has 0 saturated heterocycles. The summed E-state index contributed by atoms with van der Waals surface area (Å²) in [5.41, 5.74) is 0.993. The van der Waals surface area contributed by atoms with E-state index in [1.54, 1.807) is 24.6 Å². The first-order chi connectivity index (χ1) is 15.5. The van der Waals surface area contributed by atoms with E-state index in [2.05, 4.69) is 0 Å². The zero-order valence-corrected chi connectivity index (χ0v) is 18.9. The number of nitrogens with zero attached hydrogens (tertiary/aromatic N) is 2. The third-order valence-corrected chi connectivity index (χ3v) is 5.58. The second kappa shape index (κ2) is 10.7. The first-order valence-corrected chi connectivity index (χ1v) is 10.5. The number of aromatic hydroxyl groups is 2. The predicted molar refractivity (Wildman–Crippen MR) is 124 cm³/mol. The van der Waals surface area contributed by atoms with Crippen molar-refractivity contribution in [2.24, 2.45) is 9.98 Å². The second-order valence-corrected chi connectivity index (χ2v) is 7.50. The fourth-order valence-electron chi connectivity index (χ4n) is 3.79. The van der Waals surface area contributed by atoms with Crippen molar-refractivity contribution < 1.29 is 29.2 Å². The van der Waals surface area contributed by atoms with Crippen molar-refractivity contribution in [1.29, 1.82) is 0 Å². The molecule has 0 radical (unpaired) electrons. The molecule has 2 aromatic carbocycles. The Morgan fingerprint density at radius 2 is 1.09 bits per heavy atom. The Morgan fingerprint density at radius 1 is 0.688 bits per heavy atom. The van der Waals surface area contributed by atoms with Crippen LogP contribution in [0.25, 0.3) is 0 Å². The van der Waals surface area contributed by atoms with Crippen molar-refractivity contribution in [1.82, 2.24) is 0 Å². The third kappa shape index (κ3) is 5.25. The Bertz CT molecular complexity index is 909. The van der Waals surface area contributed by atoms with E-state index in [-0.39, 0.29) is 23.6 Å². The molecule has 3 rings (SSSR count). The topological polar surface area (TPSA) is 102 Å². The highest BCUT2D eigenvalue weighted by Crippen LogP contribution is 2.34. The number of benzene rings is 2. The molecule has 0 heterocycles. The molecule has 2 aromatic rings. The van der Waals surface area contributed by atoms with E-state index in [4.69, 9.17) is 28.9 Å². The Hall–Kier alpha value is -3.42. The zero-order valence-electron chi connectivity index (χ0n) is 18.9. The number of ether oxygens (including phenoxy) is 4. The molecule has 1 saturated carbocycles. The number of rotatable bonds is 8. The van der Waals surface area contributed by atoms with Gasteiger partial charge in [0.05, 0.1) is 51.6 Å². The van der Waals surface area contributed by atoms with E-state index in [1.165, 1.54) is 40.6 Å². The van der Waals surface area contributed by atoms with E-state index < -0.39 is 0 Å². The lowest BCUT2D eigenvalue weighted by molar-refractivity contribution is 0.381. The van der Waals surface area contributed by atoms with Gasteiger partial charge in [0.2, 0.25) is 0 Å². The summed E-state index contributed by atoms with van der Waals surface area (Å²) in [6, 6.07) is 6.35. The maximum atomic E-state index is 10.4. The number of phenols is 2. The van der Waals surface area contributed by atoms with Crippen molar-refractivity contribution in [3.63, 3.8) is 0 Å². The predicted octanol–water partition coefficient (Wildman–Crippen LogP) is 3.98. The van der Waals surface area contributed by atoms with Crippen LogP contribution in [0.15, 0.2) is 34.3 Å². The van der Waals surface area contributed by atoms with Crippen LogP contribution in [0.5, 0.6) is 34.5 Å². The number of aliphatic imine (C=N–C) groups is 2. The maximum Gasteiger partial charge on any atom is 0.135 e. The minimum atomic E-state index is -0.0578. The van der Waals surface area contributed by atoms with Crippen LogP contribution in [0.2, 0.25) is 0 Å². The summed E-state index contributed by atoms with van der Waals surface area (Å²) in [5.74, 6) is 2.04. The van der Waals surface area contributed by atoms with Crippen LogP contribution in [0.4, 0.5) is 0 Å². The summed E-state index contributed by atoms with van der Waals surface area (Å²) in [6.45, 7) is 0. The van der Waals surface area contributed by atoms with Gasteiger partial charge in [-0.2, -0.15) is 0 Å². The summed E-state index contributed by atoms with van der Waals surface area (Å²) >= 11 is 0. The molecule has 8 nitrogen and oxygen atoms in total. The second-order valence-electron chi connectivity index (χ2n) is 7.50. The molecule has 2 atom stereocenters. The number of hydrogen-bond donors (Lipinski definition) is 2. The van der Waals surface area contributed by atoms with Crippen LogP contribution in [-0.2, 0) is 0 Å². The van der Waals surface area contributed by atoms with Gasteiger partial charge < -0.3 is 29.2 Å². The molecular weight excluding hydrogens is 412 g/mol. The standard InChI is InChI=1S/C24H30N2O6/c1-29-15-9-21(27)17(23(11-15)31-3)13-25-19-7-5-6-8-20(19)26-14-18-22(28)10-16(30-2)12-24(18)32-4/h9-14,19-20,27-28H,5-8H2,1-4H3/t19-,20-/m0/s1. The Kier molecular flexibility index (Phi) is 7.81. The first-order valence-electron chi connectivity index (χ1n) is 10.5. The van der Waals surface area contributed by atoms with Gasteiger partial charge in [0.1, 0.15) is 34.5 Å². The average molecular weight is 443 g/mol. The lowest BCUT2D eigenvalue weighted by Crippen LogP contribution is -2.27. The molecule has 172 valence electrons. The minimum absolute atomic E-state index is 0.0358. The smallest absolute Gasteiger partial charge is 0.135 e. The number of phenolic OH excluding ortho intramolecular Hbond substituents is 2. The normalized spacial score (nSPS) is 18.8. The number of hydrogen-bond acceptors (Lipinski definition) is 8. The quantitative estimate of drug-likeness (QED) is 0.600. The van der Waals surface area contributed by atoms with Crippen molar-refractivity contribution in [2.75, 3.05) is 28.4 Å². The fraction of sp³-hybridized carbons (Fsp3) is 0.417. The van der Waals surface area contributed by atoms with Crippen LogP contribution < -0.4 is 18.9 Å². The molecule has 0 bridgehead atoms. The molecule has 2 N–H and O–H groups in total. The van der Waals surface area contributed by atoms with Gasteiger partial charge in [-0.15, -0.1) is 0 Å². The summed E-state index contributed by atoms with van der Waals surface area (Å²) < 4.78 is 21.1. The lowest BCUT2D eigenvalue weighted by Gasteiger charge is -2.25. The van der Waals surface area contributed by atoms with Crippen LogP contribution in [0.1, 0.15) is 36.8 Å².